The minimum atomic E-state index is -1.14. The van der Waals surface area contributed by atoms with Gasteiger partial charge in [-0.15, -0.1) is 6.58 Å². The molecule has 0 radical (unpaired) electrons. The Hall–Kier alpha value is -4.34. The first-order chi connectivity index (χ1) is 17.9. The van der Waals surface area contributed by atoms with Crippen LogP contribution in [0, 0.1) is 0 Å². The molecule has 2 aromatic carbocycles. The summed E-state index contributed by atoms with van der Waals surface area (Å²) in [6, 6.07) is 12.5. The summed E-state index contributed by atoms with van der Waals surface area (Å²) in [6.45, 7) is 8.40. The van der Waals surface area contributed by atoms with Crippen LogP contribution in [0.25, 0.3) is 0 Å². The van der Waals surface area contributed by atoms with Crippen molar-refractivity contribution >= 4 is 23.9 Å². The summed E-state index contributed by atoms with van der Waals surface area (Å²) in [5.41, 5.74) is 0.338. The summed E-state index contributed by atoms with van der Waals surface area (Å²) in [6.07, 6.45) is 0.712. The van der Waals surface area contributed by atoms with Gasteiger partial charge in [0.25, 0.3) is 0 Å². The van der Waals surface area contributed by atoms with Gasteiger partial charge >= 0.3 is 12.1 Å². The summed E-state index contributed by atoms with van der Waals surface area (Å²) in [7, 11) is 1.20. The molecule has 0 fully saturated rings. The number of ether oxygens (including phenoxy) is 2. The van der Waals surface area contributed by atoms with Crippen molar-refractivity contribution in [2.24, 2.45) is 0 Å². The number of phenolic OH excluding ortho intramolecular Hbond substituents is 1. The Kier molecular flexibility index (Phi) is 10.9. The number of rotatable bonds is 11. The smallest absolute Gasteiger partial charge is 0.408 e. The molecule has 3 N–H and O–H groups in total. The van der Waals surface area contributed by atoms with Crippen molar-refractivity contribution in [3.8, 4) is 5.75 Å². The van der Waals surface area contributed by atoms with Crippen LogP contribution in [0.5, 0.6) is 5.75 Å². The van der Waals surface area contributed by atoms with E-state index in [1.165, 1.54) is 30.2 Å². The molecule has 0 aromatic heterocycles. The molecule has 0 bridgehead atoms. The molecule has 3 amide bonds. The summed E-state index contributed by atoms with van der Waals surface area (Å²) >= 11 is 0. The molecule has 10 heteroatoms. The number of benzene rings is 2. The topological polar surface area (TPSA) is 134 Å². The fourth-order valence-electron chi connectivity index (χ4n) is 3.62. The van der Waals surface area contributed by atoms with Gasteiger partial charge in [0.2, 0.25) is 11.8 Å². The van der Waals surface area contributed by atoms with E-state index < -0.39 is 41.6 Å². The van der Waals surface area contributed by atoms with Gasteiger partial charge in [0.1, 0.15) is 30.0 Å². The van der Waals surface area contributed by atoms with E-state index in [4.69, 9.17) is 4.74 Å². The SMILES string of the molecule is C=CCN(C(=O)C(Cc1ccc(O)cc1)NC(=O)OC(C)(C)C)C(C(=O)NCC(=O)OC)c1ccccc1. The maximum absolute atomic E-state index is 14.0. The van der Waals surface area contributed by atoms with Crippen molar-refractivity contribution in [3.05, 3.63) is 78.4 Å². The molecule has 0 heterocycles. The van der Waals surface area contributed by atoms with Crippen LogP contribution in [0.1, 0.15) is 37.9 Å². The van der Waals surface area contributed by atoms with Crippen molar-refractivity contribution < 1.29 is 33.8 Å². The Morgan fingerprint density at radius 1 is 1.05 bits per heavy atom. The van der Waals surface area contributed by atoms with Gasteiger partial charge in [0.15, 0.2) is 0 Å². The highest BCUT2D eigenvalue weighted by atomic mass is 16.6. The molecule has 0 aliphatic carbocycles. The highest BCUT2D eigenvalue weighted by Crippen LogP contribution is 2.23. The molecule has 0 aliphatic rings. The maximum Gasteiger partial charge on any atom is 0.408 e. The Bertz CT molecular complexity index is 1110. The van der Waals surface area contributed by atoms with Crippen LogP contribution in [0.3, 0.4) is 0 Å². The van der Waals surface area contributed by atoms with Crippen molar-refractivity contribution in [1.82, 2.24) is 15.5 Å². The van der Waals surface area contributed by atoms with E-state index in [9.17, 15) is 24.3 Å². The number of carbonyl (C=O) groups excluding carboxylic acids is 4. The van der Waals surface area contributed by atoms with E-state index in [0.29, 0.717) is 11.1 Å². The van der Waals surface area contributed by atoms with Crippen LogP contribution in [-0.2, 0) is 30.3 Å². The van der Waals surface area contributed by atoms with Gasteiger partial charge in [-0.3, -0.25) is 14.4 Å². The third-order valence-corrected chi connectivity index (χ3v) is 5.28. The van der Waals surface area contributed by atoms with Gasteiger partial charge < -0.3 is 30.1 Å². The average Bonchev–Trinajstić information content (AvgIpc) is 2.87. The van der Waals surface area contributed by atoms with Crippen LogP contribution in [0.15, 0.2) is 67.3 Å². The number of nitrogens with one attached hydrogen (secondary N) is 2. The molecule has 0 spiro atoms. The van der Waals surface area contributed by atoms with Gasteiger partial charge in [0, 0.05) is 13.0 Å². The van der Waals surface area contributed by atoms with Gasteiger partial charge in [-0.25, -0.2) is 4.79 Å². The largest absolute Gasteiger partial charge is 0.508 e. The lowest BCUT2D eigenvalue weighted by molar-refractivity contribution is -0.144. The fourth-order valence-corrected chi connectivity index (χ4v) is 3.62. The van der Waals surface area contributed by atoms with Gasteiger partial charge in [0.05, 0.1) is 7.11 Å². The van der Waals surface area contributed by atoms with E-state index in [1.807, 2.05) is 0 Å². The Morgan fingerprint density at radius 2 is 1.68 bits per heavy atom. The van der Waals surface area contributed by atoms with Crippen molar-refractivity contribution in [1.29, 1.82) is 0 Å². The molecule has 10 nitrogen and oxygen atoms in total. The van der Waals surface area contributed by atoms with Gasteiger partial charge in [-0.05, 0) is 44.0 Å². The zero-order chi connectivity index (χ0) is 28.3. The molecule has 2 unspecified atom stereocenters. The average molecular weight is 526 g/mol. The number of aromatic hydroxyl groups is 1. The lowest BCUT2D eigenvalue weighted by Gasteiger charge is -2.34. The Morgan fingerprint density at radius 3 is 2.24 bits per heavy atom. The number of hydrogen-bond donors (Lipinski definition) is 3. The lowest BCUT2D eigenvalue weighted by atomic mass is 10.00. The summed E-state index contributed by atoms with van der Waals surface area (Å²) < 4.78 is 9.98. The molecule has 0 saturated carbocycles. The van der Waals surface area contributed by atoms with Crippen molar-refractivity contribution in [2.75, 3.05) is 20.2 Å². The van der Waals surface area contributed by atoms with E-state index >= 15 is 0 Å². The third kappa shape index (κ3) is 9.27. The van der Waals surface area contributed by atoms with Crippen LogP contribution in [0.4, 0.5) is 4.79 Å². The fraction of sp³-hybridized carbons (Fsp3) is 0.357. The number of phenols is 1. The lowest BCUT2D eigenvalue weighted by Crippen LogP contribution is -2.54. The second kappa shape index (κ2) is 13.8. The van der Waals surface area contributed by atoms with Crippen LogP contribution >= 0.6 is 0 Å². The number of nitrogens with zero attached hydrogens (tertiary/aromatic N) is 1. The summed E-state index contributed by atoms with van der Waals surface area (Å²) in [5, 5.41) is 14.8. The number of methoxy groups -OCH3 is 1. The van der Waals surface area contributed by atoms with Crippen molar-refractivity contribution in [2.45, 2.75) is 44.9 Å². The molecule has 38 heavy (non-hydrogen) atoms. The molecule has 0 saturated heterocycles. The third-order valence-electron chi connectivity index (χ3n) is 5.28. The van der Waals surface area contributed by atoms with Gasteiger partial charge in [-0.1, -0.05) is 48.5 Å². The number of carbonyl (C=O) groups is 4. The van der Waals surface area contributed by atoms with Crippen LogP contribution in [0.2, 0.25) is 0 Å². The standard InChI is InChI=1S/C28H35N3O7/c1-6-16-31(24(20-10-8-7-9-11-20)25(34)29-18-23(33)37-5)26(35)22(30-27(36)38-28(2,3)4)17-19-12-14-21(32)15-13-19/h6-15,22,24,32H,1,16-18H2,2-5H3,(H,29,34)(H,30,36). The first-order valence-electron chi connectivity index (χ1n) is 12.0. The Labute approximate surface area is 222 Å². The minimum Gasteiger partial charge on any atom is -0.508 e. The van der Waals surface area contributed by atoms with Crippen molar-refractivity contribution in [3.63, 3.8) is 0 Å². The number of hydrogen-bond acceptors (Lipinski definition) is 7. The van der Waals surface area contributed by atoms with Gasteiger partial charge in [-0.2, -0.15) is 0 Å². The first kappa shape index (κ1) is 29.9. The molecular formula is C28H35N3O7. The van der Waals surface area contributed by atoms with E-state index in [0.717, 1.165) is 0 Å². The highest BCUT2D eigenvalue weighted by Gasteiger charge is 2.36. The minimum absolute atomic E-state index is 0.0356. The second-order valence-corrected chi connectivity index (χ2v) is 9.46. The molecule has 2 rings (SSSR count). The number of esters is 1. The Balaban J connectivity index is 2.47. The first-order valence-corrected chi connectivity index (χ1v) is 12.0. The number of amides is 3. The second-order valence-electron chi connectivity index (χ2n) is 9.46. The zero-order valence-electron chi connectivity index (χ0n) is 22.1. The molecular weight excluding hydrogens is 490 g/mol. The number of alkyl carbamates (subject to hydrolysis) is 1. The van der Waals surface area contributed by atoms with Crippen LogP contribution < -0.4 is 10.6 Å². The molecule has 2 aromatic rings. The molecule has 0 aliphatic heterocycles. The predicted octanol–water partition coefficient (Wildman–Crippen LogP) is 2.87. The molecule has 204 valence electrons. The predicted molar refractivity (Wildman–Crippen MR) is 141 cm³/mol. The summed E-state index contributed by atoms with van der Waals surface area (Å²) in [5.74, 6) is -1.79. The van der Waals surface area contributed by atoms with E-state index in [2.05, 4.69) is 21.9 Å². The zero-order valence-corrected chi connectivity index (χ0v) is 22.1. The molecule has 2 atom stereocenters. The van der Waals surface area contributed by atoms with E-state index in [-0.39, 0.29) is 25.3 Å². The normalized spacial score (nSPS) is 12.4. The van der Waals surface area contributed by atoms with E-state index in [1.54, 1.807) is 63.2 Å². The monoisotopic (exact) mass is 525 g/mol. The maximum atomic E-state index is 14.0. The quantitative estimate of drug-likeness (QED) is 0.303. The van der Waals surface area contributed by atoms with Crippen LogP contribution in [-0.4, -0.2) is 65.7 Å². The highest BCUT2D eigenvalue weighted by molar-refractivity contribution is 5.93. The summed E-state index contributed by atoms with van der Waals surface area (Å²) in [4.78, 5) is 53.0.